The molecule has 1 aliphatic rings. The van der Waals surface area contributed by atoms with E-state index in [1.165, 1.54) is 30.3 Å². The fourth-order valence-corrected chi connectivity index (χ4v) is 6.09. The Morgan fingerprint density at radius 2 is 1.84 bits per heavy atom. The van der Waals surface area contributed by atoms with Gasteiger partial charge in [0.05, 0.1) is 35.4 Å². The van der Waals surface area contributed by atoms with Crippen molar-refractivity contribution in [1.29, 1.82) is 0 Å². The molecule has 1 saturated carbocycles. The van der Waals surface area contributed by atoms with Gasteiger partial charge >= 0.3 is 6.09 Å². The number of alkyl carbamates (subject to hydrolysis) is 1. The van der Waals surface area contributed by atoms with Crippen LogP contribution in [0.5, 0.6) is 0 Å². The molecule has 14 nitrogen and oxygen atoms in total. The lowest BCUT2D eigenvalue weighted by molar-refractivity contribution is 0.0607. The Morgan fingerprint density at radius 1 is 1.13 bits per heavy atom. The van der Waals surface area contributed by atoms with Crippen LogP contribution in [0.3, 0.4) is 0 Å². The summed E-state index contributed by atoms with van der Waals surface area (Å²) in [6.07, 6.45) is -2.70. The van der Waals surface area contributed by atoms with Crippen LogP contribution in [0.1, 0.15) is 74.2 Å². The van der Waals surface area contributed by atoms with Gasteiger partial charge in [-0.25, -0.2) is 44.8 Å². The molecule has 5 rings (SSSR count). The number of guanidine groups is 1. The molecule has 2 amide bonds. The molecule has 55 heavy (non-hydrogen) atoms. The van der Waals surface area contributed by atoms with E-state index in [9.17, 15) is 35.6 Å². The third-order valence-electron chi connectivity index (χ3n) is 8.62. The molecule has 296 valence electrons. The van der Waals surface area contributed by atoms with E-state index < -0.39 is 70.7 Å². The van der Waals surface area contributed by atoms with Crippen molar-refractivity contribution in [1.82, 2.24) is 34.2 Å². The van der Waals surface area contributed by atoms with Gasteiger partial charge < -0.3 is 15.8 Å². The fraction of sp³-hybridized carbons (Fsp3) is 0.412. The molecular formula is C34H37ClF5N9O5S. The summed E-state index contributed by atoms with van der Waals surface area (Å²) in [5.41, 5.74) is 4.15. The van der Waals surface area contributed by atoms with E-state index in [0.717, 1.165) is 40.6 Å². The number of nitrogens with two attached hydrogens (primary N) is 1. The van der Waals surface area contributed by atoms with Crippen LogP contribution in [0.25, 0.3) is 16.8 Å². The normalized spacial score (nSPS) is 14.9. The predicted octanol–water partition coefficient (Wildman–Crippen LogP) is 6.13. The Hall–Kier alpha value is -5.11. The number of halogens is 6. The maximum absolute atomic E-state index is 15.7. The van der Waals surface area contributed by atoms with E-state index in [1.807, 2.05) is 20.8 Å². The molecule has 1 atom stereocenters. The summed E-state index contributed by atoms with van der Waals surface area (Å²) in [5, 5.41) is 9.69. The maximum atomic E-state index is 15.7. The van der Waals surface area contributed by atoms with Gasteiger partial charge in [0.25, 0.3) is 28.8 Å². The zero-order valence-electron chi connectivity index (χ0n) is 29.9. The van der Waals surface area contributed by atoms with Gasteiger partial charge in [-0.1, -0.05) is 44.5 Å². The van der Waals surface area contributed by atoms with Gasteiger partial charge in [-0.3, -0.25) is 14.7 Å². The average Bonchev–Trinajstić information content (AvgIpc) is 3.46. The minimum absolute atomic E-state index is 0.00269. The molecular weight excluding hydrogens is 777 g/mol. The van der Waals surface area contributed by atoms with E-state index in [4.69, 9.17) is 22.1 Å². The van der Waals surface area contributed by atoms with Gasteiger partial charge in [0.15, 0.2) is 11.8 Å². The quantitative estimate of drug-likeness (QED) is 0.0913. The standard InChI is InChI=1S/C34H37ClF5N9O5S/c1-33(2,3)11-12-42-31(41)48(29(50)20-5-7-22(24(36)13-20)21-15-44-47(16-21)55(4,52)53)26(17-54-32(51)46-34(9-10-34)30(39)40)19-6-8-23(35)25(14-19)49-28(27(37)38)43-18-45-49/h5-8,13-16,18,26-27,30H,9-12,17H2,1-4H3,(H2,41,42)(H,46,51)/t26-/m1/s1. The molecule has 0 unspecified atom stereocenters. The topological polar surface area (TPSA) is 180 Å². The van der Waals surface area contributed by atoms with Crippen LogP contribution in [-0.2, 0) is 14.8 Å². The zero-order valence-corrected chi connectivity index (χ0v) is 31.5. The molecule has 1 aliphatic carbocycles. The highest BCUT2D eigenvalue weighted by Gasteiger charge is 2.53. The first-order valence-electron chi connectivity index (χ1n) is 16.6. The monoisotopic (exact) mass is 813 g/mol. The number of amides is 2. The second kappa shape index (κ2) is 15.9. The third kappa shape index (κ3) is 9.59. The summed E-state index contributed by atoms with van der Waals surface area (Å²) in [4.78, 5) is 36.3. The van der Waals surface area contributed by atoms with Crippen molar-refractivity contribution >= 4 is 39.6 Å². The van der Waals surface area contributed by atoms with Gasteiger partial charge in [0.1, 0.15) is 24.3 Å². The molecule has 0 aliphatic heterocycles. The Bertz CT molecular complexity index is 2200. The van der Waals surface area contributed by atoms with Gasteiger partial charge in [-0.2, -0.15) is 14.3 Å². The van der Waals surface area contributed by atoms with Crippen LogP contribution in [0.4, 0.5) is 26.7 Å². The van der Waals surface area contributed by atoms with E-state index in [-0.39, 0.29) is 57.8 Å². The fourth-order valence-electron chi connectivity index (χ4n) is 5.36. The summed E-state index contributed by atoms with van der Waals surface area (Å²) in [7, 11) is -3.78. The smallest absolute Gasteiger partial charge is 0.407 e. The summed E-state index contributed by atoms with van der Waals surface area (Å²) in [6, 6.07) is 5.80. The Morgan fingerprint density at radius 3 is 2.42 bits per heavy atom. The number of rotatable bonds is 13. The van der Waals surface area contributed by atoms with Crippen LogP contribution in [0.15, 0.2) is 60.1 Å². The van der Waals surface area contributed by atoms with Crippen molar-refractivity contribution in [3.8, 4) is 16.8 Å². The van der Waals surface area contributed by atoms with Crippen molar-refractivity contribution in [2.45, 2.75) is 64.5 Å². The Kier molecular flexibility index (Phi) is 11.9. The number of hydrogen-bond donors (Lipinski definition) is 2. The molecule has 4 aromatic rings. The highest BCUT2D eigenvalue weighted by Crippen LogP contribution is 2.41. The minimum atomic E-state index is -3.78. The van der Waals surface area contributed by atoms with Crippen LogP contribution in [-0.4, -0.2) is 86.6 Å². The van der Waals surface area contributed by atoms with Crippen molar-refractivity contribution < 1.29 is 44.7 Å². The average molecular weight is 814 g/mol. The van der Waals surface area contributed by atoms with Gasteiger partial charge in [0.2, 0.25) is 0 Å². The SMILES string of the molecule is CC(C)(C)CCN=C(N)N(C(=O)c1ccc(-c2cnn(S(C)(=O)=O)c2)c(F)c1)[C@H](COC(=O)NC1(C(F)F)CC1)c1ccc(Cl)c(-n2ncnc2C(F)F)c1. The van der Waals surface area contributed by atoms with Crippen LogP contribution >= 0.6 is 11.6 Å². The highest BCUT2D eigenvalue weighted by molar-refractivity contribution is 7.89. The molecule has 0 saturated heterocycles. The minimum Gasteiger partial charge on any atom is -0.447 e. The molecule has 1 fully saturated rings. The first-order valence-corrected chi connectivity index (χ1v) is 18.8. The van der Waals surface area contributed by atoms with Crippen LogP contribution < -0.4 is 11.1 Å². The van der Waals surface area contributed by atoms with Gasteiger partial charge in [-0.15, -0.1) is 0 Å². The van der Waals surface area contributed by atoms with Crippen LogP contribution in [0.2, 0.25) is 5.02 Å². The second-order valence-corrected chi connectivity index (χ2v) is 16.3. The number of alkyl halides is 4. The molecule has 0 radical (unpaired) electrons. The van der Waals surface area contributed by atoms with Crippen molar-refractivity contribution in [3.63, 3.8) is 0 Å². The number of benzene rings is 2. The second-order valence-electron chi connectivity index (χ2n) is 14.0. The van der Waals surface area contributed by atoms with Crippen molar-refractivity contribution in [2.24, 2.45) is 16.1 Å². The maximum Gasteiger partial charge on any atom is 0.407 e. The van der Waals surface area contributed by atoms with Gasteiger partial charge in [-0.05, 0) is 54.5 Å². The first-order chi connectivity index (χ1) is 25.7. The summed E-state index contributed by atoms with van der Waals surface area (Å²) >= 11 is 6.42. The predicted molar refractivity (Wildman–Crippen MR) is 191 cm³/mol. The number of aromatic nitrogens is 5. The molecule has 0 bridgehead atoms. The largest absolute Gasteiger partial charge is 0.447 e. The molecule has 2 aromatic carbocycles. The number of aliphatic imine (C=N–C) groups is 1. The molecule has 0 spiro atoms. The number of carbonyl (C=O) groups is 2. The highest BCUT2D eigenvalue weighted by atomic mass is 35.5. The van der Waals surface area contributed by atoms with Gasteiger partial charge in [0, 0.05) is 23.2 Å². The summed E-state index contributed by atoms with van der Waals surface area (Å²) in [6.45, 7) is 5.18. The van der Waals surface area contributed by atoms with E-state index in [1.54, 1.807) is 0 Å². The Labute approximate surface area is 317 Å². The molecule has 21 heteroatoms. The molecule has 3 N–H and O–H groups in total. The first kappa shape index (κ1) is 41.1. The summed E-state index contributed by atoms with van der Waals surface area (Å²) in [5.74, 6) is -3.10. The number of hydrogen-bond acceptors (Lipinski definition) is 9. The molecule has 2 heterocycles. The zero-order chi connectivity index (χ0) is 40.5. The third-order valence-corrected chi connectivity index (χ3v) is 9.82. The lowest BCUT2D eigenvalue weighted by atomic mass is 9.92. The number of nitrogens with one attached hydrogen (secondary N) is 1. The number of ether oxygens (including phenoxy) is 1. The van der Waals surface area contributed by atoms with Crippen molar-refractivity contribution in [2.75, 3.05) is 19.4 Å². The lowest BCUT2D eigenvalue weighted by Gasteiger charge is -2.32. The van der Waals surface area contributed by atoms with Crippen LogP contribution in [0, 0.1) is 11.2 Å². The van der Waals surface area contributed by atoms with E-state index in [0.29, 0.717) is 10.5 Å². The lowest BCUT2D eigenvalue weighted by Crippen LogP contribution is -2.47. The summed E-state index contributed by atoms with van der Waals surface area (Å²) < 4.78 is 101. The van der Waals surface area contributed by atoms with E-state index in [2.05, 4.69) is 25.5 Å². The number of carbonyl (C=O) groups excluding carboxylic acids is 2. The van der Waals surface area contributed by atoms with E-state index >= 15 is 4.39 Å². The molecule has 2 aromatic heterocycles. The Balaban J connectivity index is 1.61. The number of nitrogens with zero attached hydrogens (tertiary/aromatic N) is 7. The van der Waals surface area contributed by atoms with Crippen molar-refractivity contribution in [3.05, 3.63) is 82.9 Å².